The second-order valence-corrected chi connectivity index (χ2v) is 12.2. The van der Waals surface area contributed by atoms with Gasteiger partial charge in [-0.05, 0) is 79.6 Å². The van der Waals surface area contributed by atoms with Crippen molar-refractivity contribution in [3.63, 3.8) is 0 Å². The summed E-state index contributed by atoms with van der Waals surface area (Å²) < 4.78 is 0. The van der Waals surface area contributed by atoms with Gasteiger partial charge in [0.15, 0.2) is 0 Å². The van der Waals surface area contributed by atoms with Gasteiger partial charge in [-0.3, -0.25) is 4.98 Å². The Hall–Kier alpha value is -3.97. The summed E-state index contributed by atoms with van der Waals surface area (Å²) in [4.78, 5) is 4.54. The summed E-state index contributed by atoms with van der Waals surface area (Å²) in [6.07, 6.45) is 1.85. The van der Waals surface area contributed by atoms with E-state index in [0.717, 1.165) is 11.3 Å². The Bertz CT molecular complexity index is 1550. The lowest BCUT2D eigenvalue weighted by atomic mass is 9.82. The lowest BCUT2D eigenvalue weighted by Crippen LogP contribution is -2.11. The minimum Gasteiger partial charge on any atom is -0.256 e. The molecule has 1 nitrogen and oxygen atoms in total. The fourth-order valence-electron chi connectivity index (χ4n) is 4.91. The fourth-order valence-corrected chi connectivity index (χ4v) is 4.91. The molecule has 0 unspecified atom stereocenters. The Morgan fingerprint density at radius 1 is 0.421 bits per heavy atom. The van der Waals surface area contributed by atoms with Crippen LogP contribution in [0.1, 0.15) is 52.7 Å². The second-order valence-electron chi connectivity index (χ2n) is 12.2. The van der Waals surface area contributed by atoms with Crippen LogP contribution in [0.25, 0.3) is 44.6 Å². The van der Waals surface area contributed by atoms with Crippen LogP contribution in [-0.2, 0) is 10.8 Å². The molecule has 0 saturated heterocycles. The number of rotatable bonds is 4. The summed E-state index contributed by atoms with van der Waals surface area (Å²) in [5.74, 6) is 0. The zero-order valence-electron chi connectivity index (χ0n) is 23.4. The highest BCUT2D eigenvalue weighted by atomic mass is 14.7. The topological polar surface area (TPSA) is 12.9 Å². The predicted molar refractivity (Wildman–Crippen MR) is 163 cm³/mol. The van der Waals surface area contributed by atoms with E-state index in [-0.39, 0.29) is 10.8 Å². The largest absolute Gasteiger partial charge is 0.256 e. The van der Waals surface area contributed by atoms with E-state index in [1.807, 2.05) is 18.3 Å². The van der Waals surface area contributed by atoms with Gasteiger partial charge in [-0.25, -0.2) is 0 Å². The van der Waals surface area contributed by atoms with Gasteiger partial charge in [0, 0.05) is 11.8 Å². The number of aromatic nitrogens is 1. The average molecular weight is 496 g/mol. The third-order valence-electron chi connectivity index (χ3n) is 7.28. The Morgan fingerprint density at radius 3 is 1.61 bits per heavy atom. The third-order valence-corrected chi connectivity index (χ3v) is 7.28. The molecular formula is C37H37N. The van der Waals surface area contributed by atoms with Crippen molar-refractivity contribution in [3.8, 4) is 44.6 Å². The minimum absolute atomic E-state index is 0.0758. The maximum Gasteiger partial charge on any atom is 0.0702 e. The predicted octanol–water partition coefficient (Wildman–Crippen LogP) is 10.3. The van der Waals surface area contributed by atoms with Crippen LogP contribution in [0.3, 0.4) is 0 Å². The van der Waals surface area contributed by atoms with Crippen molar-refractivity contribution >= 4 is 0 Å². The van der Waals surface area contributed by atoms with E-state index < -0.39 is 0 Å². The van der Waals surface area contributed by atoms with Crippen molar-refractivity contribution in [1.29, 1.82) is 0 Å². The maximum atomic E-state index is 4.54. The van der Waals surface area contributed by atoms with Crippen LogP contribution in [0.15, 0.2) is 115 Å². The molecule has 1 aromatic heterocycles. The number of pyridine rings is 1. The molecule has 1 heteroatoms. The highest BCUT2D eigenvalue weighted by Gasteiger charge is 2.18. The first-order valence-electron chi connectivity index (χ1n) is 13.5. The van der Waals surface area contributed by atoms with Crippen molar-refractivity contribution in [2.45, 2.75) is 52.4 Å². The van der Waals surface area contributed by atoms with Gasteiger partial charge < -0.3 is 0 Å². The van der Waals surface area contributed by atoms with Crippen LogP contribution < -0.4 is 0 Å². The van der Waals surface area contributed by atoms with Crippen LogP contribution in [0, 0.1) is 0 Å². The van der Waals surface area contributed by atoms with E-state index in [0.29, 0.717) is 0 Å². The van der Waals surface area contributed by atoms with Crippen molar-refractivity contribution in [2.75, 3.05) is 0 Å². The first-order valence-corrected chi connectivity index (χ1v) is 13.5. The first kappa shape index (κ1) is 25.7. The molecule has 38 heavy (non-hydrogen) atoms. The molecule has 0 aliphatic carbocycles. The monoisotopic (exact) mass is 495 g/mol. The van der Waals surface area contributed by atoms with E-state index in [1.54, 1.807) is 0 Å². The summed E-state index contributed by atoms with van der Waals surface area (Å²) in [6, 6.07) is 39.7. The fraction of sp³-hybridized carbons (Fsp3) is 0.216. The molecule has 5 aromatic rings. The normalized spacial score (nSPS) is 11.9. The molecular weight excluding hydrogens is 458 g/mol. The Morgan fingerprint density at radius 2 is 1.00 bits per heavy atom. The van der Waals surface area contributed by atoms with E-state index in [1.165, 1.54) is 44.5 Å². The molecule has 5 rings (SSSR count). The van der Waals surface area contributed by atoms with Gasteiger partial charge in [-0.2, -0.15) is 0 Å². The molecule has 0 N–H and O–H groups in total. The van der Waals surface area contributed by atoms with Gasteiger partial charge in [-0.1, -0.05) is 126 Å². The lowest BCUT2D eigenvalue weighted by Gasteiger charge is -2.23. The molecule has 0 radical (unpaired) electrons. The number of hydrogen-bond donors (Lipinski definition) is 0. The zero-order chi connectivity index (χ0) is 26.9. The van der Waals surface area contributed by atoms with Crippen molar-refractivity contribution in [2.24, 2.45) is 0 Å². The summed E-state index contributed by atoms with van der Waals surface area (Å²) in [6.45, 7) is 13.6. The van der Waals surface area contributed by atoms with Crippen molar-refractivity contribution in [1.82, 2.24) is 4.98 Å². The van der Waals surface area contributed by atoms with Crippen molar-refractivity contribution in [3.05, 3.63) is 127 Å². The number of hydrogen-bond acceptors (Lipinski definition) is 1. The molecule has 4 aromatic carbocycles. The Kier molecular flexibility index (Phi) is 6.80. The third kappa shape index (κ3) is 5.48. The van der Waals surface area contributed by atoms with Crippen LogP contribution in [0.2, 0.25) is 0 Å². The van der Waals surface area contributed by atoms with E-state index in [4.69, 9.17) is 0 Å². The number of benzene rings is 4. The summed E-state index contributed by atoms with van der Waals surface area (Å²) >= 11 is 0. The molecule has 1 heterocycles. The first-order chi connectivity index (χ1) is 18.1. The highest BCUT2D eigenvalue weighted by molar-refractivity contribution is 5.86. The second kappa shape index (κ2) is 10.1. The van der Waals surface area contributed by atoms with Gasteiger partial charge in [0.05, 0.1) is 5.69 Å². The highest BCUT2D eigenvalue weighted by Crippen LogP contribution is 2.38. The maximum absolute atomic E-state index is 4.54. The van der Waals surface area contributed by atoms with Crippen LogP contribution in [0.4, 0.5) is 0 Å². The molecule has 0 aliphatic rings. The number of nitrogens with zero attached hydrogens (tertiary/aromatic N) is 1. The summed E-state index contributed by atoms with van der Waals surface area (Å²) in [7, 11) is 0. The smallest absolute Gasteiger partial charge is 0.0702 e. The van der Waals surface area contributed by atoms with Crippen LogP contribution in [0.5, 0.6) is 0 Å². The van der Waals surface area contributed by atoms with Gasteiger partial charge >= 0.3 is 0 Å². The van der Waals surface area contributed by atoms with Gasteiger partial charge in [0.2, 0.25) is 0 Å². The van der Waals surface area contributed by atoms with Gasteiger partial charge in [0.25, 0.3) is 0 Å². The molecule has 0 saturated carbocycles. The molecule has 0 spiro atoms. The average Bonchev–Trinajstić information content (AvgIpc) is 2.92. The zero-order valence-corrected chi connectivity index (χ0v) is 23.4. The Labute approximate surface area is 228 Å². The quantitative estimate of drug-likeness (QED) is 0.242. The molecule has 0 amide bonds. The van der Waals surface area contributed by atoms with Gasteiger partial charge in [0.1, 0.15) is 0 Å². The Balaban J connectivity index is 1.60. The van der Waals surface area contributed by atoms with E-state index >= 15 is 0 Å². The molecule has 0 fully saturated rings. The molecule has 0 bridgehead atoms. The SMILES string of the molecule is CC(C)(C)c1ccc(-c2cc(C(C)(C)C)ccc2-c2cccc(-c3cccc(-c4ccccn4)c3)c2)cc1. The minimum atomic E-state index is 0.0758. The van der Waals surface area contributed by atoms with Crippen LogP contribution in [-0.4, -0.2) is 4.98 Å². The molecule has 190 valence electrons. The molecule has 0 atom stereocenters. The van der Waals surface area contributed by atoms with E-state index in [9.17, 15) is 0 Å². The van der Waals surface area contributed by atoms with Crippen LogP contribution >= 0.6 is 0 Å². The van der Waals surface area contributed by atoms with Crippen molar-refractivity contribution < 1.29 is 0 Å². The lowest BCUT2D eigenvalue weighted by molar-refractivity contribution is 0.590. The van der Waals surface area contributed by atoms with Gasteiger partial charge in [-0.15, -0.1) is 0 Å². The summed E-state index contributed by atoms with van der Waals surface area (Å²) in [5.41, 5.74) is 12.4. The molecule has 0 aliphatic heterocycles. The summed E-state index contributed by atoms with van der Waals surface area (Å²) in [5, 5.41) is 0. The standard InChI is InChI=1S/C37H37N/c1-36(2,3)31-18-16-26(17-19-31)34-25-32(37(4,5)6)20-21-33(34)29-13-9-11-27(23-29)28-12-10-14-30(24-28)35-15-7-8-22-38-35/h7-25H,1-6H3. The van der Waals surface area contributed by atoms with E-state index in [2.05, 4.69) is 144 Å².